The number of furan rings is 1. The van der Waals surface area contributed by atoms with Crippen LogP contribution >= 0.6 is 11.8 Å². The van der Waals surface area contributed by atoms with Crippen LogP contribution in [0.2, 0.25) is 0 Å². The number of aryl methyl sites for hydroxylation is 1. The molecule has 1 aliphatic heterocycles. The molecule has 1 aromatic heterocycles. The van der Waals surface area contributed by atoms with Gasteiger partial charge in [-0.25, -0.2) is 0 Å². The first-order chi connectivity index (χ1) is 8.11. The summed E-state index contributed by atoms with van der Waals surface area (Å²) < 4.78 is 5.31. The van der Waals surface area contributed by atoms with E-state index in [1.54, 1.807) is 25.1 Å². The minimum Gasteiger partial charge on any atom is -0.462 e. The highest BCUT2D eigenvalue weighted by Gasteiger charge is 2.34. The van der Waals surface area contributed by atoms with Gasteiger partial charge in [-0.15, -0.1) is 6.42 Å². The van der Waals surface area contributed by atoms with Crippen LogP contribution in [0.4, 0.5) is 4.79 Å². The van der Waals surface area contributed by atoms with E-state index in [1.807, 2.05) is 0 Å². The molecule has 86 valence electrons. The van der Waals surface area contributed by atoms with Crippen LogP contribution in [-0.4, -0.2) is 22.6 Å². The first-order valence-corrected chi connectivity index (χ1v) is 5.68. The quantitative estimate of drug-likeness (QED) is 0.594. The van der Waals surface area contributed by atoms with Crippen LogP contribution in [0.5, 0.6) is 0 Å². The number of amides is 2. The highest BCUT2D eigenvalue weighted by molar-refractivity contribution is 8.18. The number of terminal acetylenes is 1. The first kappa shape index (κ1) is 11.6. The summed E-state index contributed by atoms with van der Waals surface area (Å²) in [5, 5.41) is -0.345. The normalized spacial score (nSPS) is 17.9. The van der Waals surface area contributed by atoms with Crippen molar-refractivity contribution in [1.82, 2.24) is 4.90 Å². The number of rotatable bonds is 2. The first-order valence-electron chi connectivity index (χ1n) is 4.87. The molecule has 17 heavy (non-hydrogen) atoms. The van der Waals surface area contributed by atoms with Crippen molar-refractivity contribution in [2.45, 2.75) is 6.92 Å². The van der Waals surface area contributed by atoms with Gasteiger partial charge < -0.3 is 4.42 Å². The van der Waals surface area contributed by atoms with Crippen molar-refractivity contribution in [3.63, 3.8) is 0 Å². The van der Waals surface area contributed by atoms with Gasteiger partial charge in [0.25, 0.3) is 11.1 Å². The van der Waals surface area contributed by atoms with E-state index in [-0.39, 0.29) is 17.7 Å². The molecule has 2 heterocycles. The largest absolute Gasteiger partial charge is 0.462 e. The van der Waals surface area contributed by atoms with Gasteiger partial charge in [0.05, 0.1) is 11.4 Å². The molecule has 0 atom stereocenters. The van der Waals surface area contributed by atoms with Gasteiger partial charge in [-0.2, -0.15) is 0 Å². The molecular formula is C12H9NO3S. The van der Waals surface area contributed by atoms with E-state index in [0.717, 1.165) is 22.4 Å². The van der Waals surface area contributed by atoms with Crippen molar-refractivity contribution in [1.29, 1.82) is 0 Å². The summed E-state index contributed by atoms with van der Waals surface area (Å²) in [5.74, 6) is 3.21. The van der Waals surface area contributed by atoms with Crippen molar-refractivity contribution in [2.75, 3.05) is 6.54 Å². The number of imide groups is 1. The zero-order valence-electron chi connectivity index (χ0n) is 9.10. The summed E-state index contributed by atoms with van der Waals surface area (Å²) >= 11 is 0.869. The molecule has 0 aromatic carbocycles. The van der Waals surface area contributed by atoms with Gasteiger partial charge in [0.1, 0.15) is 11.5 Å². The second-order valence-corrected chi connectivity index (χ2v) is 4.41. The number of hydrogen-bond donors (Lipinski definition) is 0. The Labute approximate surface area is 103 Å². The minimum absolute atomic E-state index is 0.000804. The van der Waals surface area contributed by atoms with E-state index in [1.165, 1.54) is 0 Å². The lowest BCUT2D eigenvalue weighted by atomic mass is 10.3. The number of carbonyl (C=O) groups excluding carboxylic acids is 2. The molecule has 0 bridgehead atoms. The monoisotopic (exact) mass is 247 g/mol. The molecule has 1 fully saturated rings. The van der Waals surface area contributed by atoms with Gasteiger partial charge in [0.2, 0.25) is 0 Å². The molecule has 0 aliphatic carbocycles. The molecule has 1 aromatic rings. The topological polar surface area (TPSA) is 50.5 Å². The Bertz CT molecular complexity index is 550. The third kappa shape index (κ3) is 2.27. The summed E-state index contributed by atoms with van der Waals surface area (Å²) in [5.41, 5.74) is 0. The third-order valence-electron chi connectivity index (χ3n) is 2.16. The second kappa shape index (κ2) is 4.52. The van der Waals surface area contributed by atoms with Crippen LogP contribution < -0.4 is 0 Å². The van der Waals surface area contributed by atoms with Gasteiger partial charge in [-0.1, -0.05) is 5.92 Å². The fourth-order valence-electron chi connectivity index (χ4n) is 1.39. The lowest BCUT2D eigenvalue weighted by molar-refractivity contribution is -0.122. The maximum atomic E-state index is 11.8. The molecular weight excluding hydrogens is 238 g/mol. The van der Waals surface area contributed by atoms with Crippen LogP contribution in [0.25, 0.3) is 6.08 Å². The molecule has 4 nitrogen and oxygen atoms in total. The van der Waals surface area contributed by atoms with E-state index in [9.17, 15) is 9.59 Å². The summed E-state index contributed by atoms with van der Waals surface area (Å²) in [6, 6.07) is 3.53. The third-order valence-corrected chi connectivity index (χ3v) is 3.06. The molecule has 1 aliphatic rings. The van der Waals surface area contributed by atoms with Crippen LogP contribution in [0.15, 0.2) is 21.5 Å². The maximum Gasteiger partial charge on any atom is 0.294 e. The van der Waals surface area contributed by atoms with E-state index in [2.05, 4.69) is 5.92 Å². The maximum absolute atomic E-state index is 11.8. The number of hydrogen-bond acceptors (Lipinski definition) is 4. The molecule has 2 rings (SSSR count). The Morgan fingerprint density at radius 1 is 1.53 bits per heavy atom. The Hall–Kier alpha value is -1.93. The molecule has 0 N–H and O–H groups in total. The summed E-state index contributed by atoms with van der Waals surface area (Å²) in [6.07, 6.45) is 6.64. The summed E-state index contributed by atoms with van der Waals surface area (Å²) in [7, 11) is 0. The minimum atomic E-state index is -0.369. The Balaban J connectivity index is 2.25. The van der Waals surface area contributed by atoms with Crippen molar-refractivity contribution >= 4 is 29.0 Å². The van der Waals surface area contributed by atoms with Crippen LogP contribution in [-0.2, 0) is 4.79 Å². The second-order valence-electron chi connectivity index (χ2n) is 3.42. The van der Waals surface area contributed by atoms with Gasteiger partial charge in [0, 0.05) is 6.08 Å². The van der Waals surface area contributed by atoms with E-state index < -0.39 is 0 Å². The predicted octanol–water partition coefficient (Wildman–Crippen LogP) is 2.26. The van der Waals surface area contributed by atoms with E-state index >= 15 is 0 Å². The average Bonchev–Trinajstić information content (AvgIpc) is 2.79. The van der Waals surface area contributed by atoms with Crippen LogP contribution in [0.3, 0.4) is 0 Å². The van der Waals surface area contributed by atoms with Gasteiger partial charge in [-0.05, 0) is 30.8 Å². The van der Waals surface area contributed by atoms with Crippen molar-refractivity contribution in [3.05, 3.63) is 28.6 Å². The number of carbonyl (C=O) groups is 2. The summed E-state index contributed by atoms with van der Waals surface area (Å²) in [6.45, 7) is 1.81. The molecule has 1 saturated heterocycles. The predicted molar refractivity (Wildman–Crippen MR) is 65.0 cm³/mol. The van der Waals surface area contributed by atoms with Crippen LogP contribution in [0.1, 0.15) is 11.5 Å². The summed E-state index contributed by atoms with van der Waals surface area (Å²) in [4.78, 5) is 24.6. The average molecular weight is 247 g/mol. The molecule has 0 spiro atoms. The number of thioether (sulfide) groups is 1. The molecule has 0 unspecified atom stereocenters. The fraction of sp³-hybridized carbons (Fsp3) is 0.167. The number of nitrogens with zero attached hydrogens (tertiary/aromatic N) is 1. The van der Waals surface area contributed by atoms with Crippen molar-refractivity contribution in [2.24, 2.45) is 0 Å². The van der Waals surface area contributed by atoms with Crippen LogP contribution in [0, 0.1) is 19.3 Å². The highest BCUT2D eigenvalue weighted by atomic mass is 32.2. The lowest BCUT2D eigenvalue weighted by Gasteiger charge is -2.06. The van der Waals surface area contributed by atoms with Crippen molar-refractivity contribution < 1.29 is 14.0 Å². The fourth-order valence-corrected chi connectivity index (χ4v) is 2.21. The van der Waals surface area contributed by atoms with E-state index in [4.69, 9.17) is 10.8 Å². The lowest BCUT2D eigenvalue weighted by Crippen LogP contribution is -2.28. The van der Waals surface area contributed by atoms with Gasteiger partial charge >= 0.3 is 0 Å². The Kier molecular flexibility index (Phi) is 3.07. The SMILES string of the molecule is C#CCN1C(=O)S/C(=C\c2ccc(C)o2)C1=O. The molecule has 5 heteroatoms. The standard InChI is InChI=1S/C12H9NO3S/c1-3-6-13-11(14)10(17-12(13)15)7-9-5-4-8(2)16-9/h1,4-5,7H,6H2,2H3/b10-7-. The molecule has 0 saturated carbocycles. The molecule has 0 radical (unpaired) electrons. The zero-order chi connectivity index (χ0) is 12.4. The highest BCUT2D eigenvalue weighted by Crippen LogP contribution is 2.32. The Morgan fingerprint density at radius 3 is 2.88 bits per heavy atom. The smallest absolute Gasteiger partial charge is 0.294 e. The zero-order valence-corrected chi connectivity index (χ0v) is 9.91. The van der Waals surface area contributed by atoms with E-state index in [0.29, 0.717) is 10.7 Å². The van der Waals surface area contributed by atoms with Crippen molar-refractivity contribution in [3.8, 4) is 12.3 Å². The molecule has 2 amide bonds. The Morgan fingerprint density at radius 2 is 2.29 bits per heavy atom. The van der Waals surface area contributed by atoms with Gasteiger partial charge in [-0.3, -0.25) is 14.5 Å². The van der Waals surface area contributed by atoms with Gasteiger partial charge in [0.15, 0.2) is 0 Å².